The van der Waals surface area contributed by atoms with Crippen LogP contribution in [0, 0.1) is 17.8 Å². The summed E-state index contributed by atoms with van der Waals surface area (Å²) < 4.78 is 1.71. The number of anilines is 1. The van der Waals surface area contributed by atoms with E-state index in [-0.39, 0.29) is 5.91 Å². The number of nitrogens with zero attached hydrogens (tertiary/aromatic N) is 2. The van der Waals surface area contributed by atoms with Crippen molar-refractivity contribution in [2.75, 3.05) is 5.32 Å². The van der Waals surface area contributed by atoms with Gasteiger partial charge in [-0.1, -0.05) is 18.0 Å². The molecule has 1 aromatic carbocycles. The second-order valence-corrected chi connectivity index (χ2v) is 7.27. The van der Waals surface area contributed by atoms with Gasteiger partial charge in [-0.15, -0.1) is 0 Å². The van der Waals surface area contributed by atoms with Crippen LogP contribution in [-0.4, -0.2) is 15.7 Å². The molecule has 1 heterocycles. The lowest BCUT2D eigenvalue weighted by atomic mass is 9.86. The Hall–Kier alpha value is -1.81. The van der Waals surface area contributed by atoms with Crippen LogP contribution in [0.5, 0.6) is 0 Å². The van der Waals surface area contributed by atoms with Gasteiger partial charge in [0.25, 0.3) is 0 Å². The fraction of sp³-hybridized carbons (Fsp3) is 0.444. The van der Waals surface area contributed by atoms with Gasteiger partial charge in [0.2, 0.25) is 5.91 Å². The predicted molar refractivity (Wildman–Crippen MR) is 90.8 cm³/mol. The second kappa shape index (κ2) is 6.00. The van der Waals surface area contributed by atoms with Crippen molar-refractivity contribution in [2.24, 2.45) is 17.8 Å². The Balaban J connectivity index is 1.36. The molecule has 120 valence electrons. The average Bonchev–Trinajstić information content (AvgIpc) is 3.25. The SMILES string of the molecule is O=C(C[C@@H]1C[C@H]2CC[C@H]1C2)Nc1ccc(-n2cc(Cl)cn2)cc1. The third-order valence-corrected chi connectivity index (χ3v) is 5.49. The van der Waals surface area contributed by atoms with Gasteiger partial charge in [0.1, 0.15) is 0 Å². The molecule has 5 heteroatoms. The van der Waals surface area contributed by atoms with Crippen molar-refractivity contribution in [1.82, 2.24) is 9.78 Å². The highest BCUT2D eigenvalue weighted by Gasteiger charge is 2.40. The van der Waals surface area contributed by atoms with Gasteiger partial charge in [-0.05, 0) is 61.3 Å². The smallest absolute Gasteiger partial charge is 0.224 e. The Bertz CT molecular complexity index is 709. The number of hydrogen-bond donors (Lipinski definition) is 1. The zero-order chi connectivity index (χ0) is 15.8. The fourth-order valence-corrected chi connectivity index (χ4v) is 4.35. The zero-order valence-corrected chi connectivity index (χ0v) is 13.7. The van der Waals surface area contributed by atoms with Crippen LogP contribution >= 0.6 is 11.6 Å². The molecule has 2 aromatic rings. The first-order valence-corrected chi connectivity index (χ1v) is 8.65. The molecule has 2 bridgehead atoms. The molecule has 4 nitrogen and oxygen atoms in total. The highest BCUT2D eigenvalue weighted by molar-refractivity contribution is 6.30. The van der Waals surface area contributed by atoms with Gasteiger partial charge < -0.3 is 5.32 Å². The number of nitrogens with one attached hydrogen (secondary N) is 1. The molecule has 3 atom stereocenters. The Morgan fingerprint density at radius 3 is 2.70 bits per heavy atom. The van der Waals surface area contributed by atoms with Gasteiger partial charge in [-0.2, -0.15) is 5.10 Å². The highest BCUT2D eigenvalue weighted by atomic mass is 35.5. The van der Waals surface area contributed by atoms with E-state index in [0.717, 1.165) is 23.2 Å². The fourth-order valence-electron chi connectivity index (χ4n) is 4.22. The number of fused-ring (bicyclic) bond motifs is 2. The van der Waals surface area contributed by atoms with E-state index >= 15 is 0 Å². The monoisotopic (exact) mass is 329 g/mol. The third-order valence-electron chi connectivity index (χ3n) is 5.30. The minimum Gasteiger partial charge on any atom is -0.326 e. The van der Waals surface area contributed by atoms with Crippen LogP contribution < -0.4 is 5.32 Å². The number of carbonyl (C=O) groups is 1. The lowest BCUT2D eigenvalue weighted by Crippen LogP contribution is -2.20. The van der Waals surface area contributed by atoms with E-state index in [1.807, 2.05) is 24.3 Å². The summed E-state index contributed by atoms with van der Waals surface area (Å²) in [5.41, 5.74) is 1.75. The summed E-state index contributed by atoms with van der Waals surface area (Å²) in [6.07, 6.45) is 9.32. The first-order chi connectivity index (χ1) is 11.2. The maximum Gasteiger partial charge on any atom is 0.224 e. The topological polar surface area (TPSA) is 46.9 Å². The summed E-state index contributed by atoms with van der Waals surface area (Å²) in [5, 5.41) is 7.79. The van der Waals surface area contributed by atoms with Gasteiger partial charge in [0.15, 0.2) is 0 Å². The predicted octanol–water partition coefficient (Wildman–Crippen LogP) is 4.29. The number of benzene rings is 1. The highest BCUT2D eigenvalue weighted by Crippen LogP contribution is 2.49. The van der Waals surface area contributed by atoms with Crippen molar-refractivity contribution in [3.05, 3.63) is 41.7 Å². The zero-order valence-electron chi connectivity index (χ0n) is 12.9. The van der Waals surface area contributed by atoms with Crippen LogP contribution in [0.25, 0.3) is 5.69 Å². The van der Waals surface area contributed by atoms with Crippen molar-refractivity contribution in [1.29, 1.82) is 0 Å². The largest absolute Gasteiger partial charge is 0.326 e. The van der Waals surface area contributed by atoms with E-state index in [9.17, 15) is 4.79 Å². The summed E-state index contributed by atoms with van der Waals surface area (Å²) in [6, 6.07) is 7.67. The Morgan fingerprint density at radius 2 is 2.09 bits per heavy atom. The summed E-state index contributed by atoms with van der Waals surface area (Å²) in [7, 11) is 0. The maximum absolute atomic E-state index is 12.3. The van der Waals surface area contributed by atoms with E-state index in [1.54, 1.807) is 17.1 Å². The van der Waals surface area contributed by atoms with E-state index in [1.165, 1.54) is 25.7 Å². The number of hydrogen-bond acceptors (Lipinski definition) is 2. The lowest BCUT2D eigenvalue weighted by Gasteiger charge is -2.20. The van der Waals surface area contributed by atoms with Crippen LogP contribution in [0.4, 0.5) is 5.69 Å². The van der Waals surface area contributed by atoms with Crippen LogP contribution in [0.1, 0.15) is 32.1 Å². The molecule has 23 heavy (non-hydrogen) atoms. The molecule has 0 aliphatic heterocycles. The van der Waals surface area contributed by atoms with Crippen LogP contribution in [0.2, 0.25) is 5.02 Å². The molecule has 1 N–H and O–H groups in total. The molecule has 1 amide bonds. The quantitative estimate of drug-likeness (QED) is 0.909. The molecule has 1 aromatic heterocycles. The molecule has 2 aliphatic carbocycles. The van der Waals surface area contributed by atoms with Crippen molar-refractivity contribution in [3.8, 4) is 5.69 Å². The standard InChI is InChI=1S/C18H20ClN3O/c19-15-10-20-22(11-15)17-5-3-16(4-6-17)21-18(23)9-14-8-12-1-2-13(14)7-12/h3-6,10-14H,1-2,7-9H2,(H,21,23)/t12-,13-,14-/m0/s1. The van der Waals surface area contributed by atoms with Gasteiger partial charge >= 0.3 is 0 Å². The van der Waals surface area contributed by atoms with Gasteiger partial charge in [-0.25, -0.2) is 4.68 Å². The lowest BCUT2D eigenvalue weighted by molar-refractivity contribution is -0.117. The second-order valence-electron chi connectivity index (χ2n) is 6.84. The molecule has 2 saturated carbocycles. The van der Waals surface area contributed by atoms with Gasteiger partial charge in [-0.3, -0.25) is 4.79 Å². The summed E-state index contributed by atoms with van der Waals surface area (Å²) >= 11 is 5.88. The van der Waals surface area contributed by atoms with E-state index in [4.69, 9.17) is 11.6 Å². The normalized spacial score (nSPS) is 25.7. The first-order valence-electron chi connectivity index (χ1n) is 8.28. The summed E-state index contributed by atoms with van der Waals surface area (Å²) in [5.74, 6) is 2.41. The molecule has 0 radical (unpaired) electrons. The molecular formula is C18H20ClN3O. The van der Waals surface area contributed by atoms with Gasteiger partial charge in [0, 0.05) is 18.3 Å². The summed E-state index contributed by atoms with van der Waals surface area (Å²) in [4.78, 5) is 12.3. The molecule has 2 fully saturated rings. The maximum atomic E-state index is 12.3. The summed E-state index contributed by atoms with van der Waals surface area (Å²) in [6.45, 7) is 0. The molecule has 0 unspecified atom stereocenters. The van der Waals surface area contributed by atoms with Crippen molar-refractivity contribution in [2.45, 2.75) is 32.1 Å². The Labute approximate surface area is 140 Å². The molecular weight excluding hydrogens is 310 g/mol. The number of halogens is 1. The van der Waals surface area contributed by atoms with E-state index < -0.39 is 0 Å². The molecule has 2 aliphatic rings. The number of carbonyl (C=O) groups excluding carboxylic acids is 1. The molecule has 0 spiro atoms. The van der Waals surface area contributed by atoms with E-state index in [2.05, 4.69) is 10.4 Å². The third kappa shape index (κ3) is 3.13. The van der Waals surface area contributed by atoms with Crippen LogP contribution in [0.15, 0.2) is 36.7 Å². The van der Waals surface area contributed by atoms with Crippen LogP contribution in [0.3, 0.4) is 0 Å². The minimum absolute atomic E-state index is 0.137. The Kier molecular flexibility index (Phi) is 3.85. The first kappa shape index (κ1) is 14.8. The van der Waals surface area contributed by atoms with Gasteiger partial charge in [0.05, 0.1) is 16.9 Å². The van der Waals surface area contributed by atoms with Crippen molar-refractivity contribution >= 4 is 23.2 Å². The molecule has 4 rings (SSSR count). The number of aromatic nitrogens is 2. The molecule has 0 saturated heterocycles. The van der Waals surface area contributed by atoms with Crippen molar-refractivity contribution < 1.29 is 4.79 Å². The number of rotatable bonds is 4. The van der Waals surface area contributed by atoms with Crippen molar-refractivity contribution in [3.63, 3.8) is 0 Å². The number of amides is 1. The Morgan fingerprint density at radius 1 is 1.26 bits per heavy atom. The minimum atomic E-state index is 0.137. The van der Waals surface area contributed by atoms with Crippen LogP contribution in [-0.2, 0) is 4.79 Å². The van der Waals surface area contributed by atoms with E-state index in [0.29, 0.717) is 17.4 Å². The average molecular weight is 330 g/mol.